The third-order valence-corrected chi connectivity index (χ3v) is 14.9. The van der Waals surface area contributed by atoms with E-state index in [2.05, 4.69) is 5.32 Å². The zero-order valence-electron chi connectivity index (χ0n) is 42.4. The standard InChI is InChI=1S/C44H75NO34/c1-9-18(52)34(77-40-28(62)24(58)20(54)12(4-46)70-40)29(63)42(68-9)79-37-25(59)21(55)13(5-47)72-44(37)78-35-19(53)10(2)67-41(30(35)64)74-32-16(8-50)73-39(17(23(32)57)45-11(3)51)76-36-22(56)14(6-48)71-43(31(36)65)75-33-15(7-49)69-38(66)27(61)26(33)60/h9-10,12-44,46-50,52-66H,4-8H2,1-3H3,(H,45,51)/t9-,10-,12+,13+,14+,15+,16+,17+,18+,19+,20-,21-,22-,23+,24-,25-,26+,27+,28+,29-,30-,31+,32+,33+,34+,35+,36-,37+,38+,39-,40+,41-,42+,43-,44-/m0/s1. The molecule has 35 atom stereocenters. The topological polar surface area (TPSA) is 554 Å². The second-order valence-electron chi connectivity index (χ2n) is 20.3. The molecule has 0 aromatic rings. The molecule has 1 amide bonds. The molecule has 7 aliphatic rings. The van der Waals surface area contributed by atoms with Crippen molar-refractivity contribution in [1.29, 1.82) is 0 Å². The lowest BCUT2D eigenvalue weighted by molar-refractivity contribution is -0.400. The van der Waals surface area contributed by atoms with Gasteiger partial charge in [0.05, 0.1) is 45.2 Å². The highest BCUT2D eigenvalue weighted by Gasteiger charge is 2.59. The second kappa shape index (κ2) is 27.5. The van der Waals surface area contributed by atoms with E-state index in [0.717, 1.165) is 6.92 Å². The Hall–Kier alpha value is -1.85. The number of aliphatic hydroxyl groups excluding tert-OH is 20. The highest BCUT2D eigenvalue weighted by atomic mass is 16.8. The molecule has 35 heteroatoms. The van der Waals surface area contributed by atoms with E-state index in [9.17, 15) is 107 Å². The maximum atomic E-state index is 12.6. The van der Waals surface area contributed by atoms with Crippen molar-refractivity contribution < 1.29 is 169 Å². The highest BCUT2D eigenvalue weighted by Crippen LogP contribution is 2.38. The van der Waals surface area contributed by atoms with Crippen LogP contribution >= 0.6 is 0 Å². The summed E-state index contributed by atoms with van der Waals surface area (Å²) in [5.74, 6) is -0.849. The minimum atomic E-state index is -2.18. The van der Waals surface area contributed by atoms with Gasteiger partial charge >= 0.3 is 0 Å². The van der Waals surface area contributed by atoms with Crippen molar-refractivity contribution >= 4 is 5.91 Å². The number of ether oxygens (including phenoxy) is 13. The highest BCUT2D eigenvalue weighted by molar-refractivity contribution is 5.73. The van der Waals surface area contributed by atoms with Gasteiger partial charge in [-0.3, -0.25) is 4.79 Å². The fraction of sp³-hybridized carbons (Fsp3) is 0.977. The zero-order valence-corrected chi connectivity index (χ0v) is 42.4. The van der Waals surface area contributed by atoms with E-state index in [1.54, 1.807) is 0 Å². The third kappa shape index (κ3) is 13.5. The third-order valence-electron chi connectivity index (χ3n) is 14.9. The summed E-state index contributed by atoms with van der Waals surface area (Å²) in [5.41, 5.74) is 0. The molecule has 79 heavy (non-hydrogen) atoms. The molecule has 35 nitrogen and oxygen atoms in total. The van der Waals surface area contributed by atoms with Gasteiger partial charge in [0.15, 0.2) is 44.0 Å². The van der Waals surface area contributed by atoms with Crippen molar-refractivity contribution in [3.8, 4) is 0 Å². The number of carbonyl (C=O) groups is 1. The molecule has 0 unspecified atom stereocenters. The average Bonchev–Trinajstić information content (AvgIpc) is 3.46. The summed E-state index contributed by atoms with van der Waals surface area (Å²) in [4.78, 5) is 12.6. The van der Waals surface area contributed by atoms with E-state index in [4.69, 9.17) is 61.6 Å². The Labute approximate surface area is 447 Å². The van der Waals surface area contributed by atoms with Crippen LogP contribution in [0.2, 0.25) is 0 Å². The van der Waals surface area contributed by atoms with Gasteiger partial charge in [-0.2, -0.15) is 0 Å². The summed E-state index contributed by atoms with van der Waals surface area (Å²) in [6.45, 7) is -1.19. The predicted molar refractivity (Wildman–Crippen MR) is 241 cm³/mol. The van der Waals surface area contributed by atoms with Gasteiger partial charge in [-0.15, -0.1) is 0 Å². The lowest BCUT2D eigenvalue weighted by Gasteiger charge is -2.50. The largest absolute Gasteiger partial charge is 0.394 e. The Morgan fingerprint density at radius 2 is 0.671 bits per heavy atom. The molecule has 7 rings (SSSR count). The Morgan fingerprint density at radius 3 is 1.16 bits per heavy atom. The van der Waals surface area contributed by atoms with Gasteiger partial charge in [0, 0.05) is 6.92 Å². The maximum Gasteiger partial charge on any atom is 0.217 e. The van der Waals surface area contributed by atoms with E-state index in [1.807, 2.05) is 0 Å². The summed E-state index contributed by atoms with van der Waals surface area (Å²) >= 11 is 0. The maximum absolute atomic E-state index is 12.6. The zero-order chi connectivity index (χ0) is 58.2. The number of nitrogens with one attached hydrogen (secondary N) is 1. The smallest absolute Gasteiger partial charge is 0.217 e. The van der Waals surface area contributed by atoms with Crippen molar-refractivity contribution in [1.82, 2.24) is 5.32 Å². The second-order valence-corrected chi connectivity index (χ2v) is 20.3. The Kier molecular flexibility index (Phi) is 22.5. The molecule has 21 N–H and O–H groups in total. The van der Waals surface area contributed by atoms with Crippen molar-refractivity contribution in [3.63, 3.8) is 0 Å². The summed E-state index contributed by atoms with van der Waals surface area (Å²) in [5, 5.41) is 217. The van der Waals surface area contributed by atoms with Crippen LogP contribution in [-0.4, -0.2) is 356 Å². The number of hydrogen-bond acceptors (Lipinski definition) is 34. The molecule has 0 aliphatic carbocycles. The molecule has 7 aliphatic heterocycles. The molecule has 0 aromatic heterocycles. The van der Waals surface area contributed by atoms with Crippen LogP contribution < -0.4 is 5.32 Å². The van der Waals surface area contributed by atoms with Crippen molar-refractivity contribution in [3.05, 3.63) is 0 Å². The molecule has 7 fully saturated rings. The SMILES string of the molecule is CC(=O)N[C@H]1[C@H](O[C@H]2[C@@H](O)[C@@H](CO)O[C@@H](O[C@H]3[C@H](O)[C@@H](O)[C@H](O)O[C@@H]3CO)[C@@H]2O)O[C@H](CO)[C@@H](O[C@@H]2O[C@@H](C)[C@@H](O)[C@@H](O[C@@H]3O[C@H](CO)[C@H](O)[C@H](O)[C@H]3O[C@H]3O[C@@H](C)[C@@H](O)[C@@H](O[C@H]4O[C@H](CO)[C@H](O)[C@H](O)[C@H]4O)[C@@H]3O)[C@@H]2O)[C@@H]1O. The Morgan fingerprint density at radius 1 is 0.329 bits per heavy atom. The monoisotopic (exact) mass is 1160 g/mol. The molecule has 0 saturated carbocycles. The average molecular weight is 1160 g/mol. The van der Waals surface area contributed by atoms with Crippen LogP contribution in [0.15, 0.2) is 0 Å². The van der Waals surface area contributed by atoms with Gasteiger partial charge in [0.2, 0.25) is 5.91 Å². The summed E-state index contributed by atoms with van der Waals surface area (Å²) in [6.07, 6.45) is -63.6. The van der Waals surface area contributed by atoms with Crippen molar-refractivity contribution in [2.45, 2.75) is 236 Å². The van der Waals surface area contributed by atoms with Gasteiger partial charge in [0.25, 0.3) is 0 Å². The normalized spacial score (nSPS) is 52.9. The minimum absolute atomic E-state index is 0.849. The molecule has 0 radical (unpaired) electrons. The van der Waals surface area contributed by atoms with Crippen LogP contribution in [0.4, 0.5) is 0 Å². The lowest BCUT2D eigenvalue weighted by Crippen LogP contribution is -2.70. The van der Waals surface area contributed by atoms with E-state index in [-0.39, 0.29) is 0 Å². The van der Waals surface area contributed by atoms with Gasteiger partial charge in [-0.05, 0) is 13.8 Å². The van der Waals surface area contributed by atoms with Crippen LogP contribution in [0.1, 0.15) is 20.8 Å². The van der Waals surface area contributed by atoms with Crippen LogP contribution in [0.5, 0.6) is 0 Å². The Balaban J connectivity index is 1.08. The Bertz CT molecular complexity index is 1900. The van der Waals surface area contributed by atoms with E-state index >= 15 is 0 Å². The first-order valence-electron chi connectivity index (χ1n) is 25.4. The number of amides is 1. The molecular weight excluding hydrogens is 1090 g/mol. The number of aliphatic hydroxyl groups is 20. The molecule has 7 saturated heterocycles. The summed E-state index contributed by atoms with van der Waals surface area (Å²) < 4.78 is 74.2. The first kappa shape index (κ1) is 64.7. The fourth-order valence-electron chi connectivity index (χ4n) is 10.3. The van der Waals surface area contributed by atoms with E-state index < -0.39 is 254 Å². The van der Waals surface area contributed by atoms with Crippen LogP contribution in [-0.2, 0) is 66.4 Å². The van der Waals surface area contributed by atoms with Crippen LogP contribution in [0, 0.1) is 0 Å². The molecule has 0 aromatic carbocycles. The minimum Gasteiger partial charge on any atom is -0.394 e. The van der Waals surface area contributed by atoms with Gasteiger partial charge < -0.3 is 169 Å². The van der Waals surface area contributed by atoms with E-state index in [1.165, 1.54) is 13.8 Å². The summed E-state index contributed by atoms with van der Waals surface area (Å²) in [7, 11) is 0. The van der Waals surface area contributed by atoms with Crippen LogP contribution in [0.3, 0.4) is 0 Å². The molecule has 7 heterocycles. The van der Waals surface area contributed by atoms with Crippen LogP contribution in [0.25, 0.3) is 0 Å². The molecule has 0 spiro atoms. The quantitative estimate of drug-likeness (QED) is 0.0606. The van der Waals surface area contributed by atoms with E-state index in [0.29, 0.717) is 0 Å². The predicted octanol–water partition coefficient (Wildman–Crippen LogP) is -14.1. The number of hydrogen-bond donors (Lipinski definition) is 21. The van der Waals surface area contributed by atoms with Gasteiger partial charge in [0.1, 0.15) is 159 Å². The fourth-order valence-corrected chi connectivity index (χ4v) is 10.3. The first-order chi connectivity index (χ1) is 37.3. The molecular formula is C44H75NO34. The molecule has 0 bridgehead atoms. The number of carbonyl (C=O) groups excluding carboxylic acids is 1. The summed E-state index contributed by atoms with van der Waals surface area (Å²) in [6, 6.07) is -1.78. The van der Waals surface area contributed by atoms with Crippen molar-refractivity contribution in [2.24, 2.45) is 0 Å². The molecule has 460 valence electrons. The van der Waals surface area contributed by atoms with Crippen molar-refractivity contribution in [2.75, 3.05) is 33.0 Å². The van der Waals surface area contributed by atoms with Gasteiger partial charge in [-0.25, -0.2) is 0 Å². The first-order valence-corrected chi connectivity index (χ1v) is 25.4. The lowest BCUT2D eigenvalue weighted by atomic mass is 9.94. The van der Waals surface area contributed by atoms with Gasteiger partial charge in [-0.1, -0.05) is 0 Å². The number of rotatable bonds is 18.